The largest absolute Gasteiger partial charge is 0.325 e. The highest BCUT2D eigenvalue weighted by molar-refractivity contribution is 7.89. The molecule has 0 fully saturated rings. The molecule has 2 aromatic carbocycles. The molecule has 0 heterocycles. The van der Waals surface area contributed by atoms with Gasteiger partial charge >= 0.3 is 0 Å². The SMILES string of the molecule is Cc1ccc(S(=O)(=O)N(C)CC(=O)Nc2ccccc2C(C)C)cc1C. The molecule has 0 radical (unpaired) electrons. The van der Waals surface area contributed by atoms with Gasteiger partial charge in [-0.05, 0) is 54.7 Å². The van der Waals surface area contributed by atoms with Gasteiger partial charge in [0, 0.05) is 12.7 Å². The minimum Gasteiger partial charge on any atom is -0.325 e. The molecule has 0 unspecified atom stereocenters. The predicted octanol–water partition coefficient (Wildman–Crippen LogP) is 3.69. The minimum atomic E-state index is -3.72. The number of benzene rings is 2. The van der Waals surface area contributed by atoms with Crippen LogP contribution in [0.5, 0.6) is 0 Å². The van der Waals surface area contributed by atoms with E-state index in [1.165, 1.54) is 7.05 Å². The van der Waals surface area contributed by atoms with Crippen molar-refractivity contribution in [2.45, 2.75) is 38.5 Å². The van der Waals surface area contributed by atoms with E-state index in [2.05, 4.69) is 5.32 Å². The number of hydrogen-bond donors (Lipinski definition) is 1. The van der Waals surface area contributed by atoms with E-state index in [9.17, 15) is 13.2 Å². The quantitative estimate of drug-likeness (QED) is 0.839. The topological polar surface area (TPSA) is 66.5 Å². The summed E-state index contributed by atoms with van der Waals surface area (Å²) in [6, 6.07) is 12.5. The maximum Gasteiger partial charge on any atom is 0.243 e. The Kier molecular flexibility index (Phi) is 6.21. The van der Waals surface area contributed by atoms with Gasteiger partial charge in [-0.2, -0.15) is 4.31 Å². The lowest BCUT2D eigenvalue weighted by Crippen LogP contribution is -2.35. The molecule has 0 saturated heterocycles. The first-order valence-electron chi connectivity index (χ1n) is 8.55. The lowest BCUT2D eigenvalue weighted by atomic mass is 10.0. The minimum absolute atomic E-state index is 0.193. The van der Waals surface area contributed by atoms with Gasteiger partial charge in [-0.25, -0.2) is 8.42 Å². The monoisotopic (exact) mass is 374 g/mol. The van der Waals surface area contributed by atoms with Gasteiger partial charge < -0.3 is 5.32 Å². The first kappa shape index (κ1) is 20.1. The maximum atomic E-state index is 12.7. The van der Waals surface area contributed by atoms with Gasteiger partial charge in [-0.1, -0.05) is 38.1 Å². The van der Waals surface area contributed by atoms with Crippen LogP contribution in [0.4, 0.5) is 5.69 Å². The van der Waals surface area contributed by atoms with E-state index in [1.54, 1.807) is 18.2 Å². The Labute approximate surface area is 156 Å². The van der Waals surface area contributed by atoms with E-state index < -0.39 is 10.0 Å². The molecule has 2 aromatic rings. The summed E-state index contributed by atoms with van der Waals surface area (Å²) < 4.78 is 26.5. The molecule has 0 aliphatic carbocycles. The Balaban J connectivity index is 2.15. The summed E-state index contributed by atoms with van der Waals surface area (Å²) in [7, 11) is -2.30. The summed E-state index contributed by atoms with van der Waals surface area (Å²) in [5.41, 5.74) is 3.65. The number of anilines is 1. The molecule has 140 valence electrons. The average molecular weight is 375 g/mol. The number of amides is 1. The number of para-hydroxylation sites is 1. The number of likely N-dealkylation sites (N-methyl/N-ethyl adjacent to an activating group) is 1. The molecule has 6 heteroatoms. The molecule has 1 N–H and O–H groups in total. The van der Waals surface area contributed by atoms with E-state index in [1.807, 2.05) is 52.0 Å². The van der Waals surface area contributed by atoms with Gasteiger partial charge in [0.05, 0.1) is 11.4 Å². The van der Waals surface area contributed by atoms with Crippen LogP contribution in [-0.4, -0.2) is 32.2 Å². The van der Waals surface area contributed by atoms with Crippen molar-refractivity contribution in [3.05, 3.63) is 59.2 Å². The number of rotatable bonds is 6. The fourth-order valence-corrected chi connectivity index (χ4v) is 3.86. The number of sulfonamides is 1. The van der Waals surface area contributed by atoms with Gasteiger partial charge in [-0.15, -0.1) is 0 Å². The van der Waals surface area contributed by atoms with Crippen LogP contribution in [-0.2, 0) is 14.8 Å². The number of carbonyl (C=O) groups excluding carboxylic acids is 1. The number of nitrogens with zero attached hydrogens (tertiary/aromatic N) is 1. The summed E-state index contributed by atoms with van der Waals surface area (Å²) in [5, 5.41) is 2.82. The fraction of sp³-hybridized carbons (Fsp3) is 0.350. The highest BCUT2D eigenvalue weighted by Gasteiger charge is 2.23. The molecule has 0 aromatic heterocycles. The highest BCUT2D eigenvalue weighted by atomic mass is 32.2. The zero-order valence-electron chi connectivity index (χ0n) is 15.9. The summed E-state index contributed by atoms with van der Waals surface area (Å²) in [6.07, 6.45) is 0. The van der Waals surface area contributed by atoms with Gasteiger partial charge in [0.2, 0.25) is 15.9 Å². The van der Waals surface area contributed by atoms with Gasteiger partial charge in [0.25, 0.3) is 0 Å². The predicted molar refractivity (Wildman–Crippen MR) is 105 cm³/mol. The van der Waals surface area contributed by atoms with Crippen molar-refractivity contribution in [3.63, 3.8) is 0 Å². The molecule has 0 spiro atoms. The molecule has 26 heavy (non-hydrogen) atoms. The first-order valence-corrected chi connectivity index (χ1v) is 9.99. The second-order valence-corrected chi connectivity index (χ2v) is 8.84. The van der Waals surface area contributed by atoms with Crippen molar-refractivity contribution < 1.29 is 13.2 Å². The standard InChI is InChI=1S/C20H26N2O3S/c1-14(2)18-8-6-7-9-19(18)21-20(23)13-22(5)26(24,25)17-11-10-15(3)16(4)12-17/h6-12,14H,13H2,1-5H3,(H,21,23). The Bertz CT molecular complexity index is 905. The van der Waals surface area contributed by atoms with Crippen molar-refractivity contribution in [2.75, 3.05) is 18.9 Å². The molecule has 0 bridgehead atoms. The van der Waals surface area contributed by atoms with Crippen molar-refractivity contribution in [3.8, 4) is 0 Å². The van der Waals surface area contributed by atoms with E-state index >= 15 is 0 Å². The number of nitrogens with one attached hydrogen (secondary N) is 1. The van der Waals surface area contributed by atoms with E-state index in [0.717, 1.165) is 21.0 Å². The van der Waals surface area contributed by atoms with E-state index in [0.29, 0.717) is 5.69 Å². The zero-order chi connectivity index (χ0) is 19.5. The Morgan fingerprint density at radius 2 is 1.73 bits per heavy atom. The molecule has 5 nitrogen and oxygen atoms in total. The maximum absolute atomic E-state index is 12.7. The van der Waals surface area contributed by atoms with Crippen LogP contribution in [0.3, 0.4) is 0 Å². The smallest absolute Gasteiger partial charge is 0.243 e. The highest BCUT2D eigenvalue weighted by Crippen LogP contribution is 2.24. The second-order valence-electron chi connectivity index (χ2n) is 6.80. The Hall–Kier alpha value is -2.18. The lowest BCUT2D eigenvalue weighted by molar-refractivity contribution is -0.116. The van der Waals surface area contributed by atoms with Crippen LogP contribution in [0, 0.1) is 13.8 Å². The van der Waals surface area contributed by atoms with Crippen LogP contribution < -0.4 is 5.32 Å². The summed E-state index contributed by atoms with van der Waals surface area (Å²) in [5.74, 6) is -0.114. The summed E-state index contributed by atoms with van der Waals surface area (Å²) in [4.78, 5) is 12.6. The molecule has 0 saturated carbocycles. The number of hydrogen-bond acceptors (Lipinski definition) is 3. The third-order valence-corrected chi connectivity index (χ3v) is 6.21. The molecular weight excluding hydrogens is 348 g/mol. The van der Waals surface area contributed by atoms with Crippen molar-refractivity contribution in [1.29, 1.82) is 0 Å². The van der Waals surface area contributed by atoms with Crippen LogP contribution in [0.1, 0.15) is 36.5 Å². The van der Waals surface area contributed by atoms with Gasteiger partial charge in [-0.3, -0.25) is 4.79 Å². The van der Waals surface area contributed by atoms with Gasteiger partial charge in [0.15, 0.2) is 0 Å². The molecular formula is C20H26N2O3S. The third kappa shape index (κ3) is 4.51. The summed E-state index contributed by atoms with van der Waals surface area (Å²) in [6.45, 7) is 7.63. The molecule has 2 rings (SSSR count). The Morgan fingerprint density at radius 3 is 2.35 bits per heavy atom. The second kappa shape index (κ2) is 8.01. The molecule has 1 amide bonds. The van der Waals surface area contributed by atoms with E-state index in [4.69, 9.17) is 0 Å². The van der Waals surface area contributed by atoms with Crippen molar-refractivity contribution in [2.24, 2.45) is 0 Å². The molecule has 0 aliphatic rings. The summed E-state index contributed by atoms with van der Waals surface area (Å²) >= 11 is 0. The first-order chi connectivity index (χ1) is 12.1. The van der Waals surface area contributed by atoms with Crippen LogP contribution in [0.15, 0.2) is 47.4 Å². The van der Waals surface area contributed by atoms with Gasteiger partial charge in [0.1, 0.15) is 0 Å². The average Bonchev–Trinajstić information content (AvgIpc) is 2.57. The van der Waals surface area contributed by atoms with Crippen LogP contribution in [0.25, 0.3) is 0 Å². The lowest BCUT2D eigenvalue weighted by Gasteiger charge is -2.19. The van der Waals surface area contributed by atoms with Crippen LogP contribution >= 0.6 is 0 Å². The number of aryl methyl sites for hydroxylation is 2. The van der Waals surface area contributed by atoms with Crippen LogP contribution in [0.2, 0.25) is 0 Å². The zero-order valence-corrected chi connectivity index (χ0v) is 16.7. The van der Waals surface area contributed by atoms with Crippen molar-refractivity contribution >= 4 is 21.6 Å². The van der Waals surface area contributed by atoms with E-state index in [-0.39, 0.29) is 23.3 Å². The normalized spacial score (nSPS) is 11.8. The molecule has 0 atom stereocenters. The number of carbonyl (C=O) groups is 1. The fourth-order valence-electron chi connectivity index (χ4n) is 2.65. The molecule has 0 aliphatic heterocycles. The van der Waals surface area contributed by atoms with Crippen molar-refractivity contribution in [1.82, 2.24) is 4.31 Å². The Morgan fingerprint density at radius 1 is 1.08 bits per heavy atom. The third-order valence-electron chi connectivity index (χ3n) is 4.41.